The van der Waals surface area contributed by atoms with Gasteiger partial charge in [0.1, 0.15) is 6.33 Å². The summed E-state index contributed by atoms with van der Waals surface area (Å²) in [5.74, 6) is -0.264. The molecule has 0 aliphatic carbocycles. The number of nitrogens with one attached hydrogen (secondary N) is 2. The second-order valence-electron chi connectivity index (χ2n) is 7.05. The Morgan fingerprint density at radius 1 is 1.36 bits per heavy atom. The molecule has 28 heavy (non-hydrogen) atoms. The zero-order valence-corrected chi connectivity index (χ0v) is 16.8. The van der Waals surface area contributed by atoms with E-state index in [1.54, 1.807) is 23.7 Å². The molecule has 2 bridgehead atoms. The third kappa shape index (κ3) is 4.29. The number of carbonyl (C=O) groups is 1. The van der Waals surface area contributed by atoms with Gasteiger partial charge in [0, 0.05) is 36.8 Å². The second kappa shape index (κ2) is 8.46. The lowest BCUT2D eigenvalue weighted by Crippen LogP contribution is -2.48. The minimum absolute atomic E-state index is 0. The van der Waals surface area contributed by atoms with Gasteiger partial charge in [-0.3, -0.25) is 14.9 Å². The number of fused-ring (bicyclic) bond motifs is 2. The fourth-order valence-electron chi connectivity index (χ4n) is 3.79. The van der Waals surface area contributed by atoms with E-state index in [2.05, 4.69) is 20.8 Å². The monoisotopic (exact) mass is 424 g/mol. The quantitative estimate of drug-likeness (QED) is 0.559. The number of carbonyl (C=O) groups excluding carboxylic acids is 1. The van der Waals surface area contributed by atoms with Crippen molar-refractivity contribution < 1.29 is 9.72 Å². The number of nitro groups is 1. The van der Waals surface area contributed by atoms with Crippen LogP contribution in [0.25, 0.3) is 0 Å². The number of piperidine rings is 1. The molecule has 1 amide bonds. The first-order chi connectivity index (χ1) is 13.0. The average molecular weight is 425 g/mol. The fraction of sp³-hybridized carbons (Fsp3) is 0.471. The van der Waals surface area contributed by atoms with E-state index in [-0.39, 0.29) is 30.0 Å². The summed E-state index contributed by atoms with van der Waals surface area (Å²) in [5, 5.41) is 26.3. The summed E-state index contributed by atoms with van der Waals surface area (Å²) in [6.07, 6.45) is 5.64. The maximum atomic E-state index is 12.6. The zero-order chi connectivity index (χ0) is 19.0. The third-order valence-electron chi connectivity index (χ3n) is 5.10. The molecule has 2 aliphatic rings. The molecule has 3 heterocycles. The molecule has 2 aromatic rings. The smallest absolute Gasteiger partial charge is 0.284 e. The summed E-state index contributed by atoms with van der Waals surface area (Å²) in [6, 6.07) is 5.60. The van der Waals surface area contributed by atoms with E-state index >= 15 is 0 Å². The predicted molar refractivity (Wildman–Crippen MR) is 106 cm³/mol. The Morgan fingerprint density at radius 2 is 2.07 bits per heavy atom. The van der Waals surface area contributed by atoms with Gasteiger partial charge in [0.15, 0.2) is 5.16 Å². The van der Waals surface area contributed by atoms with Gasteiger partial charge in [0.25, 0.3) is 11.6 Å². The molecule has 1 aromatic carbocycles. The van der Waals surface area contributed by atoms with E-state index in [4.69, 9.17) is 0 Å². The van der Waals surface area contributed by atoms with Crippen molar-refractivity contribution in [2.45, 2.75) is 53.9 Å². The highest BCUT2D eigenvalue weighted by atomic mass is 35.5. The molecule has 11 heteroatoms. The summed E-state index contributed by atoms with van der Waals surface area (Å²) < 4.78 is 1.68. The SMILES string of the molecule is Cl.Cn1cnnc1Sc1ccc(C(=O)NC2CC3CCC(C2)N3)cc1[N+](=O)[O-]. The second-order valence-corrected chi connectivity index (χ2v) is 8.05. The van der Waals surface area contributed by atoms with E-state index in [1.807, 2.05) is 0 Å². The van der Waals surface area contributed by atoms with Crippen LogP contribution in [0.15, 0.2) is 34.6 Å². The third-order valence-corrected chi connectivity index (χ3v) is 6.21. The highest BCUT2D eigenvalue weighted by molar-refractivity contribution is 7.99. The molecular weight excluding hydrogens is 404 g/mol. The number of aromatic nitrogens is 3. The number of hydrogen-bond donors (Lipinski definition) is 2. The molecule has 2 aliphatic heterocycles. The summed E-state index contributed by atoms with van der Waals surface area (Å²) in [5.41, 5.74) is 0.191. The average Bonchev–Trinajstić information content (AvgIpc) is 3.20. The number of hydrogen-bond acceptors (Lipinski definition) is 7. The van der Waals surface area contributed by atoms with Crippen molar-refractivity contribution in [2.75, 3.05) is 0 Å². The van der Waals surface area contributed by atoms with Gasteiger partial charge >= 0.3 is 0 Å². The van der Waals surface area contributed by atoms with Crippen molar-refractivity contribution in [3.05, 3.63) is 40.2 Å². The molecule has 2 atom stereocenters. The van der Waals surface area contributed by atoms with Crippen molar-refractivity contribution in [3.8, 4) is 0 Å². The lowest BCUT2D eigenvalue weighted by atomic mass is 9.99. The minimum atomic E-state index is -0.472. The standard InChI is InChI=1S/C17H20N6O3S.ClH/c1-22-9-18-21-17(22)27-15-5-2-10(6-14(15)23(25)26)16(24)20-13-7-11-3-4-12(8-13)19-11;/h2,5-6,9,11-13,19H,3-4,7-8H2,1H3,(H,20,24);1H. The van der Waals surface area contributed by atoms with E-state index in [1.165, 1.54) is 12.4 Å². The Bertz CT molecular complexity index is 880. The first kappa shape index (κ1) is 20.6. The van der Waals surface area contributed by atoms with Gasteiger partial charge in [-0.05, 0) is 49.6 Å². The molecule has 150 valence electrons. The van der Waals surface area contributed by atoms with Crippen LogP contribution in [0.3, 0.4) is 0 Å². The summed E-state index contributed by atoms with van der Waals surface area (Å²) in [7, 11) is 1.77. The van der Waals surface area contributed by atoms with Gasteiger partial charge in [-0.25, -0.2) is 0 Å². The lowest BCUT2D eigenvalue weighted by Gasteiger charge is -2.29. The van der Waals surface area contributed by atoms with E-state index in [0.717, 1.165) is 37.4 Å². The largest absolute Gasteiger partial charge is 0.349 e. The normalized spacial score (nSPS) is 23.1. The van der Waals surface area contributed by atoms with Crippen LogP contribution in [0.4, 0.5) is 5.69 Å². The topological polar surface area (TPSA) is 115 Å². The van der Waals surface area contributed by atoms with Crippen LogP contribution < -0.4 is 10.6 Å². The molecule has 2 N–H and O–H groups in total. The van der Waals surface area contributed by atoms with Crippen molar-refractivity contribution in [2.24, 2.45) is 7.05 Å². The lowest BCUT2D eigenvalue weighted by molar-refractivity contribution is -0.387. The van der Waals surface area contributed by atoms with Crippen LogP contribution in [0.2, 0.25) is 0 Å². The number of amides is 1. The van der Waals surface area contributed by atoms with E-state index < -0.39 is 4.92 Å². The highest BCUT2D eigenvalue weighted by Crippen LogP contribution is 2.34. The molecule has 0 saturated carbocycles. The molecule has 0 spiro atoms. The first-order valence-corrected chi connectivity index (χ1v) is 9.68. The van der Waals surface area contributed by atoms with Crippen LogP contribution in [0.5, 0.6) is 0 Å². The number of nitrogens with zero attached hydrogens (tertiary/aromatic N) is 4. The summed E-state index contributed by atoms with van der Waals surface area (Å²) in [4.78, 5) is 24.1. The number of rotatable bonds is 5. The Morgan fingerprint density at radius 3 is 2.68 bits per heavy atom. The van der Waals surface area contributed by atoms with Gasteiger partial charge < -0.3 is 15.2 Å². The van der Waals surface area contributed by atoms with Crippen LogP contribution in [0, 0.1) is 10.1 Å². The first-order valence-electron chi connectivity index (χ1n) is 8.87. The van der Waals surface area contributed by atoms with Crippen molar-refractivity contribution in [1.29, 1.82) is 0 Å². The molecule has 2 unspecified atom stereocenters. The van der Waals surface area contributed by atoms with Crippen LogP contribution in [-0.4, -0.2) is 43.7 Å². The fourth-order valence-corrected chi connectivity index (χ4v) is 4.64. The van der Waals surface area contributed by atoms with Gasteiger partial charge in [-0.1, -0.05) is 0 Å². The molecule has 1 aromatic heterocycles. The van der Waals surface area contributed by atoms with E-state index in [9.17, 15) is 14.9 Å². The number of nitro benzene ring substituents is 1. The van der Waals surface area contributed by atoms with Gasteiger partial charge in [0.2, 0.25) is 0 Å². The Kier molecular flexibility index (Phi) is 6.21. The minimum Gasteiger partial charge on any atom is -0.349 e. The maximum absolute atomic E-state index is 12.6. The van der Waals surface area contributed by atoms with Gasteiger partial charge in [-0.2, -0.15) is 0 Å². The number of aryl methyl sites for hydroxylation is 1. The van der Waals surface area contributed by atoms with Crippen LogP contribution >= 0.6 is 24.2 Å². The maximum Gasteiger partial charge on any atom is 0.284 e. The van der Waals surface area contributed by atoms with E-state index in [0.29, 0.717) is 27.7 Å². The Labute approximate surface area is 172 Å². The Balaban J connectivity index is 0.00000225. The Hall–Kier alpha value is -2.17. The number of halogens is 1. The van der Waals surface area contributed by atoms with Crippen molar-refractivity contribution in [3.63, 3.8) is 0 Å². The molecule has 9 nitrogen and oxygen atoms in total. The predicted octanol–water partition coefficient (Wildman–Crippen LogP) is 2.31. The van der Waals surface area contributed by atoms with Crippen molar-refractivity contribution >= 4 is 35.8 Å². The van der Waals surface area contributed by atoms with Crippen LogP contribution in [-0.2, 0) is 7.05 Å². The molecule has 2 fully saturated rings. The van der Waals surface area contributed by atoms with Gasteiger partial charge in [0.05, 0.1) is 9.82 Å². The van der Waals surface area contributed by atoms with Gasteiger partial charge in [-0.15, -0.1) is 22.6 Å². The van der Waals surface area contributed by atoms with Crippen molar-refractivity contribution in [1.82, 2.24) is 25.4 Å². The van der Waals surface area contributed by atoms with Crippen LogP contribution in [0.1, 0.15) is 36.0 Å². The highest BCUT2D eigenvalue weighted by Gasteiger charge is 2.34. The summed E-state index contributed by atoms with van der Waals surface area (Å²) in [6.45, 7) is 0. The molecule has 4 rings (SSSR count). The summed E-state index contributed by atoms with van der Waals surface area (Å²) >= 11 is 1.15. The number of benzene rings is 1. The molecular formula is C17H21ClN6O3S. The molecule has 2 saturated heterocycles. The molecule has 0 radical (unpaired) electrons. The zero-order valence-electron chi connectivity index (χ0n) is 15.2.